The molecule has 0 bridgehead atoms. The Morgan fingerprint density at radius 1 is 1.58 bits per heavy atom. The van der Waals surface area contributed by atoms with Gasteiger partial charge in [-0.15, -0.1) is 0 Å². The van der Waals surface area contributed by atoms with E-state index in [9.17, 15) is 9.90 Å². The lowest BCUT2D eigenvalue weighted by Crippen LogP contribution is -2.17. The molecule has 2 rings (SSSR count). The van der Waals surface area contributed by atoms with Crippen molar-refractivity contribution in [2.75, 3.05) is 6.61 Å². The zero-order chi connectivity index (χ0) is 8.55. The van der Waals surface area contributed by atoms with E-state index in [0.29, 0.717) is 25.3 Å². The molecule has 0 saturated carbocycles. The van der Waals surface area contributed by atoms with E-state index in [0.717, 1.165) is 5.56 Å². The third kappa shape index (κ3) is 1.10. The van der Waals surface area contributed by atoms with E-state index in [1.807, 2.05) is 0 Å². The number of pyridine rings is 1. The zero-order valence-electron chi connectivity index (χ0n) is 6.46. The molecule has 0 spiro atoms. The summed E-state index contributed by atoms with van der Waals surface area (Å²) in [5, 5.41) is 9.36. The molecule has 2 N–H and O–H groups in total. The Morgan fingerprint density at radius 3 is 3.25 bits per heavy atom. The number of aromatic amines is 1. The van der Waals surface area contributed by atoms with Crippen molar-refractivity contribution in [3.8, 4) is 5.75 Å². The van der Waals surface area contributed by atoms with Crippen LogP contribution in [-0.4, -0.2) is 16.7 Å². The van der Waals surface area contributed by atoms with E-state index < -0.39 is 0 Å². The molecule has 0 atom stereocenters. The number of ether oxygens (including phenoxy) is 1. The first-order chi connectivity index (χ1) is 5.77. The van der Waals surface area contributed by atoms with Crippen LogP contribution < -0.4 is 5.56 Å². The van der Waals surface area contributed by atoms with Gasteiger partial charge in [-0.1, -0.05) is 0 Å². The number of rotatable bonds is 0. The Bertz CT molecular complexity index is 356. The zero-order valence-corrected chi connectivity index (χ0v) is 6.46. The van der Waals surface area contributed by atoms with Gasteiger partial charge in [0.05, 0.1) is 18.9 Å². The van der Waals surface area contributed by atoms with E-state index in [2.05, 4.69) is 4.98 Å². The van der Waals surface area contributed by atoms with Crippen molar-refractivity contribution in [1.82, 2.24) is 4.98 Å². The summed E-state index contributed by atoms with van der Waals surface area (Å²) in [6.45, 7) is 0.992. The maximum absolute atomic E-state index is 10.9. The van der Waals surface area contributed by atoms with Gasteiger partial charge in [0, 0.05) is 18.1 Å². The number of H-pyrrole nitrogens is 1. The maximum Gasteiger partial charge on any atom is 0.251 e. The van der Waals surface area contributed by atoms with Gasteiger partial charge < -0.3 is 14.8 Å². The fraction of sp³-hybridized carbons (Fsp3) is 0.375. The smallest absolute Gasteiger partial charge is 0.251 e. The Kier molecular flexibility index (Phi) is 1.62. The minimum Gasteiger partial charge on any atom is -0.507 e. The summed E-state index contributed by atoms with van der Waals surface area (Å²) in [5.41, 5.74) is 1.23. The molecule has 1 aliphatic rings. The van der Waals surface area contributed by atoms with Gasteiger partial charge in [0.2, 0.25) is 0 Å². The van der Waals surface area contributed by atoms with Gasteiger partial charge >= 0.3 is 0 Å². The fourth-order valence-corrected chi connectivity index (χ4v) is 1.38. The minimum atomic E-state index is -0.281. The average Bonchev–Trinajstić information content (AvgIpc) is 2.04. The predicted molar refractivity (Wildman–Crippen MR) is 42.1 cm³/mol. The van der Waals surface area contributed by atoms with Crippen molar-refractivity contribution >= 4 is 0 Å². The lowest BCUT2D eigenvalue weighted by atomic mass is 10.1. The van der Waals surface area contributed by atoms with Crippen LogP contribution in [0, 0.1) is 0 Å². The molecule has 1 aliphatic heterocycles. The molecule has 64 valence electrons. The first kappa shape index (κ1) is 7.36. The van der Waals surface area contributed by atoms with Crippen LogP contribution in [0.25, 0.3) is 0 Å². The topological polar surface area (TPSA) is 62.3 Å². The molecular weight excluding hydrogens is 158 g/mol. The van der Waals surface area contributed by atoms with Crippen molar-refractivity contribution in [3.63, 3.8) is 0 Å². The molecule has 12 heavy (non-hydrogen) atoms. The van der Waals surface area contributed by atoms with Crippen LogP contribution in [0.15, 0.2) is 10.9 Å². The van der Waals surface area contributed by atoms with Crippen LogP contribution in [0.4, 0.5) is 0 Å². The highest BCUT2D eigenvalue weighted by Gasteiger charge is 2.13. The van der Waals surface area contributed by atoms with Gasteiger partial charge in [0.25, 0.3) is 5.56 Å². The van der Waals surface area contributed by atoms with Crippen molar-refractivity contribution in [3.05, 3.63) is 27.7 Å². The Hall–Kier alpha value is -1.29. The fourth-order valence-electron chi connectivity index (χ4n) is 1.38. The minimum absolute atomic E-state index is 0.0806. The quantitative estimate of drug-likeness (QED) is 0.578. The molecule has 4 nitrogen and oxygen atoms in total. The third-order valence-electron chi connectivity index (χ3n) is 1.96. The predicted octanol–water partition coefficient (Wildman–Crippen LogP) is 0.153. The van der Waals surface area contributed by atoms with Gasteiger partial charge in [-0.25, -0.2) is 0 Å². The van der Waals surface area contributed by atoms with E-state index >= 15 is 0 Å². The van der Waals surface area contributed by atoms with E-state index in [1.165, 1.54) is 6.07 Å². The van der Waals surface area contributed by atoms with Crippen molar-refractivity contribution in [2.45, 2.75) is 13.0 Å². The molecular formula is C8H9NO3. The first-order valence-corrected chi connectivity index (χ1v) is 3.79. The highest BCUT2D eigenvalue weighted by molar-refractivity contribution is 5.35. The summed E-state index contributed by atoms with van der Waals surface area (Å²) in [6, 6.07) is 1.20. The van der Waals surface area contributed by atoms with Gasteiger partial charge in [0.15, 0.2) is 0 Å². The van der Waals surface area contributed by atoms with E-state index in [-0.39, 0.29) is 11.3 Å². The van der Waals surface area contributed by atoms with Crippen molar-refractivity contribution in [1.29, 1.82) is 0 Å². The van der Waals surface area contributed by atoms with Gasteiger partial charge in [0.1, 0.15) is 5.75 Å². The molecule has 0 aromatic carbocycles. The third-order valence-corrected chi connectivity index (χ3v) is 1.96. The lowest BCUT2D eigenvalue weighted by Gasteiger charge is -2.16. The highest BCUT2D eigenvalue weighted by atomic mass is 16.5. The first-order valence-electron chi connectivity index (χ1n) is 3.79. The van der Waals surface area contributed by atoms with E-state index in [4.69, 9.17) is 4.74 Å². The molecule has 0 aliphatic carbocycles. The number of hydrogen-bond donors (Lipinski definition) is 2. The largest absolute Gasteiger partial charge is 0.507 e. The average molecular weight is 167 g/mol. The molecule has 2 heterocycles. The van der Waals surface area contributed by atoms with Crippen LogP contribution in [0.3, 0.4) is 0 Å². The molecule has 1 aromatic heterocycles. The summed E-state index contributed by atoms with van der Waals surface area (Å²) in [5.74, 6) is 0.0806. The van der Waals surface area contributed by atoms with Gasteiger partial charge in [-0.05, 0) is 0 Å². The summed E-state index contributed by atoms with van der Waals surface area (Å²) in [6.07, 6.45) is 0.665. The monoisotopic (exact) mass is 167 g/mol. The van der Waals surface area contributed by atoms with Crippen LogP contribution in [0.1, 0.15) is 11.3 Å². The van der Waals surface area contributed by atoms with Gasteiger partial charge in [-0.2, -0.15) is 0 Å². The molecule has 0 amide bonds. The number of fused-ring (bicyclic) bond motifs is 1. The summed E-state index contributed by atoms with van der Waals surface area (Å²) >= 11 is 0. The number of hydrogen-bond acceptors (Lipinski definition) is 3. The summed E-state index contributed by atoms with van der Waals surface area (Å²) in [4.78, 5) is 13.5. The van der Waals surface area contributed by atoms with Crippen molar-refractivity contribution in [2.24, 2.45) is 0 Å². The normalized spacial score (nSPS) is 15.7. The summed E-state index contributed by atoms with van der Waals surface area (Å²) in [7, 11) is 0. The Labute approximate surface area is 68.8 Å². The number of aromatic hydroxyl groups is 1. The molecule has 0 unspecified atom stereocenters. The van der Waals surface area contributed by atoms with Crippen LogP contribution in [0.5, 0.6) is 5.75 Å². The standard InChI is InChI=1S/C8H9NO3/c10-7-3-8(11)9-6-4-12-2-1-5(6)7/h3H,1-2,4H2,(H2,9,10,11). The summed E-state index contributed by atoms with van der Waals surface area (Å²) < 4.78 is 5.12. The second kappa shape index (κ2) is 2.64. The van der Waals surface area contributed by atoms with Crippen LogP contribution >= 0.6 is 0 Å². The Balaban J connectivity index is 2.60. The molecule has 0 fully saturated rings. The highest BCUT2D eigenvalue weighted by Crippen LogP contribution is 2.21. The molecule has 0 radical (unpaired) electrons. The molecule has 0 saturated heterocycles. The number of aromatic nitrogens is 1. The second-order valence-electron chi connectivity index (χ2n) is 2.78. The van der Waals surface area contributed by atoms with Gasteiger partial charge in [-0.3, -0.25) is 4.79 Å². The molecule has 4 heteroatoms. The Morgan fingerprint density at radius 2 is 2.42 bits per heavy atom. The van der Waals surface area contributed by atoms with E-state index in [1.54, 1.807) is 0 Å². The SMILES string of the molecule is O=c1cc(O)c2c([nH]1)COCC2. The van der Waals surface area contributed by atoms with Crippen LogP contribution in [0.2, 0.25) is 0 Å². The number of nitrogens with one attached hydrogen (secondary N) is 1. The van der Waals surface area contributed by atoms with Crippen molar-refractivity contribution < 1.29 is 9.84 Å². The van der Waals surface area contributed by atoms with Crippen LogP contribution in [-0.2, 0) is 17.8 Å². The lowest BCUT2D eigenvalue weighted by molar-refractivity contribution is 0.106. The molecule has 1 aromatic rings. The second-order valence-corrected chi connectivity index (χ2v) is 2.78. The maximum atomic E-state index is 10.9.